The lowest BCUT2D eigenvalue weighted by molar-refractivity contribution is 0.107. The van der Waals surface area contributed by atoms with E-state index in [9.17, 15) is 4.79 Å². The lowest BCUT2D eigenvalue weighted by Crippen LogP contribution is -1.95. The van der Waals surface area contributed by atoms with Gasteiger partial charge >= 0.3 is 0 Å². The summed E-state index contributed by atoms with van der Waals surface area (Å²) < 4.78 is 0. The Morgan fingerprint density at radius 3 is 2.61 bits per heavy atom. The van der Waals surface area contributed by atoms with Crippen molar-refractivity contribution in [1.29, 1.82) is 0 Å². The van der Waals surface area contributed by atoms with E-state index in [0.29, 0.717) is 5.52 Å². The van der Waals surface area contributed by atoms with Gasteiger partial charge in [-0.1, -0.05) is 18.2 Å². The molecule has 0 saturated heterocycles. The molecule has 0 amide bonds. The summed E-state index contributed by atoms with van der Waals surface area (Å²) in [6.45, 7) is 1.99. The molecule has 0 unspecified atom stereocenters. The van der Waals surface area contributed by atoms with E-state index >= 15 is 0 Å². The fourth-order valence-electron chi connectivity index (χ4n) is 2.00. The Bertz CT molecular complexity index is 783. The molecule has 0 saturated carbocycles. The number of rotatable bonds is 1. The molecule has 88 valence electrons. The molecule has 3 rings (SSSR count). The fourth-order valence-corrected chi connectivity index (χ4v) is 2.11. The van der Waals surface area contributed by atoms with Crippen molar-refractivity contribution in [2.45, 2.75) is 6.92 Å². The number of carbonyl (C=O) groups excluding carboxylic acids is 1. The molecule has 4 heteroatoms. The van der Waals surface area contributed by atoms with Crippen molar-refractivity contribution in [3.8, 4) is 0 Å². The maximum atomic E-state index is 11.2. The zero-order valence-corrected chi connectivity index (χ0v) is 10.4. The normalized spacial score (nSPS) is 11.0. The Morgan fingerprint density at radius 1 is 1.11 bits per heavy atom. The first-order chi connectivity index (χ1) is 8.65. The molecule has 2 aromatic heterocycles. The first kappa shape index (κ1) is 11.1. The molecule has 0 bridgehead atoms. The van der Waals surface area contributed by atoms with E-state index in [2.05, 4.69) is 9.97 Å². The Kier molecular flexibility index (Phi) is 2.49. The van der Waals surface area contributed by atoms with Crippen LogP contribution in [0, 0.1) is 6.92 Å². The maximum Gasteiger partial charge on any atom is 0.270 e. The minimum atomic E-state index is -0.555. The summed E-state index contributed by atoms with van der Waals surface area (Å²) in [7, 11) is 0. The number of pyridine rings is 2. The minimum absolute atomic E-state index is 0.249. The highest BCUT2D eigenvalue weighted by molar-refractivity contribution is 6.67. The number of benzene rings is 1. The molecule has 0 spiro atoms. The lowest BCUT2D eigenvalue weighted by atomic mass is 10.1. The second-order valence-electron chi connectivity index (χ2n) is 4.19. The van der Waals surface area contributed by atoms with Crippen LogP contribution in [-0.4, -0.2) is 15.2 Å². The van der Waals surface area contributed by atoms with Gasteiger partial charge in [0.25, 0.3) is 5.24 Å². The average molecular weight is 257 g/mol. The molecule has 0 aliphatic carbocycles. The summed E-state index contributed by atoms with van der Waals surface area (Å²) in [5.41, 5.74) is 2.84. The van der Waals surface area contributed by atoms with Crippen LogP contribution in [0.2, 0.25) is 0 Å². The molecule has 3 nitrogen and oxygen atoms in total. The molecule has 18 heavy (non-hydrogen) atoms. The zero-order valence-electron chi connectivity index (χ0n) is 9.64. The van der Waals surface area contributed by atoms with E-state index in [0.717, 1.165) is 21.9 Å². The van der Waals surface area contributed by atoms with Gasteiger partial charge in [0.15, 0.2) is 0 Å². The van der Waals surface area contributed by atoms with Crippen molar-refractivity contribution < 1.29 is 4.79 Å². The Balaban J connectivity index is 2.43. The predicted molar refractivity (Wildman–Crippen MR) is 72.0 cm³/mol. The van der Waals surface area contributed by atoms with Crippen LogP contribution >= 0.6 is 11.6 Å². The number of fused-ring (bicyclic) bond motifs is 3. The number of nitrogens with zero attached hydrogens (tertiary/aromatic N) is 2. The lowest BCUT2D eigenvalue weighted by Gasteiger charge is -2.04. The SMILES string of the molecule is Cc1cnc2c(ccc3ccc(C(=O)Cl)nc32)c1. The average Bonchev–Trinajstić information content (AvgIpc) is 2.37. The van der Waals surface area contributed by atoms with E-state index < -0.39 is 5.24 Å². The largest absolute Gasteiger partial charge is 0.274 e. The molecule has 0 N–H and O–H groups in total. The third-order valence-electron chi connectivity index (χ3n) is 2.85. The highest BCUT2D eigenvalue weighted by atomic mass is 35.5. The topological polar surface area (TPSA) is 42.9 Å². The smallest absolute Gasteiger partial charge is 0.270 e. The first-order valence-corrected chi connectivity index (χ1v) is 5.89. The van der Waals surface area contributed by atoms with Crippen LogP contribution in [0.1, 0.15) is 16.1 Å². The maximum absolute atomic E-state index is 11.2. The number of hydrogen-bond acceptors (Lipinski definition) is 3. The molecule has 3 aromatic rings. The Hall–Kier alpha value is -2.00. The number of hydrogen-bond donors (Lipinski definition) is 0. The van der Waals surface area contributed by atoms with Crippen LogP contribution in [-0.2, 0) is 0 Å². The first-order valence-electron chi connectivity index (χ1n) is 5.51. The Morgan fingerprint density at radius 2 is 1.83 bits per heavy atom. The van der Waals surface area contributed by atoms with E-state index in [1.54, 1.807) is 12.3 Å². The molecule has 0 fully saturated rings. The quantitative estimate of drug-likeness (QED) is 0.495. The van der Waals surface area contributed by atoms with Gasteiger partial charge in [-0.15, -0.1) is 0 Å². The van der Waals surface area contributed by atoms with Crippen LogP contribution in [0.5, 0.6) is 0 Å². The van der Waals surface area contributed by atoms with Crippen molar-refractivity contribution in [3.63, 3.8) is 0 Å². The van der Waals surface area contributed by atoms with Crippen LogP contribution < -0.4 is 0 Å². The van der Waals surface area contributed by atoms with Gasteiger partial charge in [0.1, 0.15) is 5.69 Å². The molecule has 1 aromatic carbocycles. The van der Waals surface area contributed by atoms with Crippen molar-refractivity contribution >= 4 is 38.6 Å². The summed E-state index contributed by atoms with van der Waals surface area (Å²) in [6, 6.07) is 9.46. The van der Waals surface area contributed by atoms with Crippen LogP contribution in [0.3, 0.4) is 0 Å². The van der Waals surface area contributed by atoms with E-state index in [4.69, 9.17) is 11.6 Å². The van der Waals surface area contributed by atoms with Crippen molar-refractivity contribution in [2.75, 3.05) is 0 Å². The van der Waals surface area contributed by atoms with Gasteiger partial charge in [0, 0.05) is 17.0 Å². The highest BCUT2D eigenvalue weighted by Gasteiger charge is 2.08. The molecule has 0 atom stereocenters. The molecule has 0 radical (unpaired) electrons. The minimum Gasteiger partial charge on any atom is -0.274 e. The zero-order chi connectivity index (χ0) is 12.7. The van der Waals surface area contributed by atoms with Crippen LogP contribution in [0.25, 0.3) is 21.8 Å². The summed E-state index contributed by atoms with van der Waals surface area (Å²) in [4.78, 5) is 19.8. The second kappa shape index (κ2) is 4.03. The third kappa shape index (κ3) is 1.73. The van der Waals surface area contributed by atoms with Crippen molar-refractivity contribution in [2.24, 2.45) is 0 Å². The third-order valence-corrected chi connectivity index (χ3v) is 3.04. The second-order valence-corrected chi connectivity index (χ2v) is 4.54. The molecular weight excluding hydrogens is 248 g/mol. The summed E-state index contributed by atoms with van der Waals surface area (Å²) >= 11 is 5.46. The van der Waals surface area contributed by atoms with Gasteiger partial charge < -0.3 is 0 Å². The van der Waals surface area contributed by atoms with Gasteiger partial charge in [0.2, 0.25) is 0 Å². The standard InChI is InChI=1S/C14H9ClN2O/c1-8-6-10-3-2-9-4-5-11(14(15)18)17-13(9)12(10)16-7-8/h2-7H,1H3. The number of carbonyl (C=O) groups is 1. The number of aryl methyl sites for hydroxylation is 1. The molecule has 0 aliphatic heterocycles. The van der Waals surface area contributed by atoms with Gasteiger partial charge in [-0.2, -0.15) is 0 Å². The van der Waals surface area contributed by atoms with Gasteiger partial charge in [-0.3, -0.25) is 9.78 Å². The molecule has 2 heterocycles. The number of halogens is 1. The van der Waals surface area contributed by atoms with Crippen molar-refractivity contribution in [1.82, 2.24) is 9.97 Å². The summed E-state index contributed by atoms with van der Waals surface area (Å²) in [5, 5.41) is 1.40. The van der Waals surface area contributed by atoms with E-state index in [-0.39, 0.29) is 5.69 Å². The summed E-state index contributed by atoms with van der Waals surface area (Å²) in [6.07, 6.45) is 1.79. The fraction of sp³-hybridized carbons (Fsp3) is 0.0714. The predicted octanol–water partition coefficient (Wildman–Crippen LogP) is 3.47. The number of aromatic nitrogens is 2. The highest BCUT2D eigenvalue weighted by Crippen LogP contribution is 2.23. The molecular formula is C14H9ClN2O. The van der Waals surface area contributed by atoms with Crippen LogP contribution in [0.4, 0.5) is 0 Å². The van der Waals surface area contributed by atoms with E-state index in [1.807, 2.05) is 31.2 Å². The van der Waals surface area contributed by atoms with Gasteiger partial charge in [-0.05, 0) is 36.2 Å². The van der Waals surface area contributed by atoms with Gasteiger partial charge in [0.05, 0.1) is 11.0 Å². The van der Waals surface area contributed by atoms with Crippen molar-refractivity contribution in [3.05, 3.63) is 47.8 Å². The monoisotopic (exact) mass is 256 g/mol. The van der Waals surface area contributed by atoms with Gasteiger partial charge in [-0.25, -0.2) is 4.98 Å². The summed E-state index contributed by atoms with van der Waals surface area (Å²) in [5.74, 6) is 0. The van der Waals surface area contributed by atoms with Crippen LogP contribution in [0.15, 0.2) is 36.5 Å². The van der Waals surface area contributed by atoms with E-state index in [1.165, 1.54) is 0 Å². The molecule has 0 aliphatic rings. The Labute approximate surface area is 108 Å².